The molecule has 21 heavy (non-hydrogen) atoms. The molecule has 0 saturated carbocycles. The minimum absolute atomic E-state index is 0.0815. The molecule has 0 fully saturated rings. The van der Waals surface area contributed by atoms with Crippen LogP contribution < -0.4 is 5.32 Å². The molecule has 1 aromatic carbocycles. The van der Waals surface area contributed by atoms with E-state index in [1.165, 1.54) is 11.1 Å². The fourth-order valence-corrected chi connectivity index (χ4v) is 2.99. The smallest absolute Gasteiger partial charge is 0.0980 e. The van der Waals surface area contributed by atoms with E-state index in [1.807, 2.05) is 0 Å². The standard InChI is InChI=1S/C18H29NO2/c1-5-19-16(10-12-18(2,3)20-4)17-15-9-7-6-8-14(15)11-13-21-17/h6-9,16-17,19H,5,10-13H2,1-4H3. The SMILES string of the molecule is CCNC(CCC(C)(C)OC)C1OCCc2ccccc21. The molecule has 3 nitrogen and oxygen atoms in total. The Hall–Kier alpha value is -0.900. The summed E-state index contributed by atoms with van der Waals surface area (Å²) in [4.78, 5) is 0. The zero-order valence-corrected chi connectivity index (χ0v) is 13.8. The van der Waals surface area contributed by atoms with E-state index in [2.05, 4.69) is 50.4 Å². The van der Waals surface area contributed by atoms with Crippen molar-refractivity contribution in [1.29, 1.82) is 0 Å². The summed E-state index contributed by atoms with van der Waals surface area (Å²) in [6.07, 6.45) is 3.24. The highest BCUT2D eigenvalue weighted by Crippen LogP contribution is 2.32. The molecule has 2 rings (SSSR count). The van der Waals surface area contributed by atoms with Gasteiger partial charge in [-0.05, 0) is 50.8 Å². The van der Waals surface area contributed by atoms with Gasteiger partial charge in [-0.25, -0.2) is 0 Å². The van der Waals surface area contributed by atoms with E-state index in [1.54, 1.807) is 7.11 Å². The highest BCUT2D eigenvalue weighted by molar-refractivity contribution is 5.32. The van der Waals surface area contributed by atoms with Gasteiger partial charge in [0.1, 0.15) is 0 Å². The van der Waals surface area contributed by atoms with Crippen molar-refractivity contribution in [1.82, 2.24) is 5.32 Å². The van der Waals surface area contributed by atoms with Crippen molar-refractivity contribution < 1.29 is 9.47 Å². The minimum Gasteiger partial charge on any atom is -0.379 e. The lowest BCUT2D eigenvalue weighted by Gasteiger charge is -2.34. The Morgan fingerprint density at radius 3 is 2.86 bits per heavy atom. The molecule has 1 aliphatic rings. The third kappa shape index (κ3) is 4.29. The van der Waals surface area contributed by atoms with E-state index in [0.717, 1.165) is 32.4 Å². The predicted octanol–water partition coefficient (Wildman–Crippen LogP) is 3.48. The first-order valence-electron chi connectivity index (χ1n) is 8.05. The summed E-state index contributed by atoms with van der Waals surface area (Å²) in [7, 11) is 1.79. The van der Waals surface area contributed by atoms with Gasteiger partial charge in [0.25, 0.3) is 0 Å². The topological polar surface area (TPSA) is 30.5 Å². The van der Waals surface area contributed by atoms with Crippen LogP contribution in [0, 0.1) is 0 Å². The average Bonchev–Trinajstić information content (AvgIpc) is 2.51. The molecular formula is C18H29NO2. The number of benzene rings is 1. The Labute approximate surface area is 129 Å². The summed E-state index contributed by atoms with van der Waals surface area (Å²) in [6.45, 7) is 8.22. The molecule has 1 heterocycles. The van der Waals surface area contributed by atoms with Crippen molar-refractivity contribution in [2.45, 2.75) is 57.8 Å². The zero-order valence-electron chi connectivity index (χ0n) is 13.8. The first-order chi connectivity index (χ1) is 10.1. The van der Waals surface area contributed by atoms with E-state index in [-0.39, 0.29) is 11.7 Å². The third-order valence-electron chi connectivity index (χ3n) is 4.47. The van der Waals surface area contributed by atoms with Crippen LogP contribution >= 0.6 is 0 Å². The van der Waals surface area contributed by atoms with Crippen LogP contribution in [-0.2, 0) is 15.9 Å². The van der Waals surface area contributed by atoms with Gasteiger partial charge in [-0.15, -0.1) is 0 Å². The second-order valence-electron chi connectivity index (χ2n) is 6.41. The zero-order chi connectivity index (χ0) is 15.3. The number of hydrogen-bond acceptors (Lipinski definition) is 3. The number of hydrogen-bond donors (Lipinski definition) is 1. The molecule has 0 aliphatic carbocycles. The minimum atomic E-state index is -0.0815. The van der Waals surface area contributed by atoms with Gasteiger partial charge in [0, 0.05) is 13.2 Å². The van der Waals surface area contributed by atoms with Gasteiger partial charge in [0.05, 0.1) is 18.3 Å². The maximum Gasteiger partial charge on any atom is 0.0980 e. The Balaban J connectivity index is 2.12. The lowest BCUT2D eigenvalue weighted by atomic mass is 9.89. The highest BCUT2D eigenvalue weighted by atomic mass is 16.5. The lowest BCUT2D eigenvalue weighted by molar-refractivity contribution is -0.0111. The Morgan fingerprint density at radius 1 is 1.38 bits per heavy atom. The van der Waals surface area contributed by atoms with Crippen molar-refractivity contribution in [3.05, 3.63) is 35.4 Å². The summed E-state index contributed by atoms with van der Waals surface area (Å²) in [5.74, 6) is 0. The molecular weight excluding hydrogens is 262 g/mol. The summed E-state index contributed by atoms with van der Waals surface area (Å²) >= 11 is 0. The fraction of sp³-hybridized carbons (Fsp3) is 0.667. The van der Waals surface area contributed by atoms with Crippen LogP contribution in [0.15, 0.2) is 24.3 Å². The van der Waals surface area contributed by atoms with E-state index in [0.29, 0.717) is 6.04 Å². The van der Waals surface area contributed by atoms with Gasteiger partial charge in [-0.2, -0.15) is 0 Å². The van der Waals surface area contributed by atoms with Gasteiger partial charge < -0.3 is 14.8 Å². The van der Waals surface area contributed by atoms with Crippen LogP contribution in [0.25, 0.3) is 0 Å². The van der Waals surface area contributed by atoms with Crippen LogP contribution in [-0.4, -0.2) is 31.9 Å². The Kier molecular flexibility index (Phi) is 5.80. The molecule has 0 spiro atoms. The monoisotopic (exact) mass is 291 g/mol. The van der Waals surface area contributed by atoms with Crippen molar-refractivity contribution in [2.75, 3.05) is 20.3 Å². The van der Waals surface area contributed by atoms with Crippen LogP contribution in [0.2, 0.25) is 0 Å². The van der Waals surface area contributed by atoms with E-state index in [4.69, 9.17) is 9.47 Å². The van der Waals surface area contributed by atoms with E-state index < -0.39 is 0 Å². The quantitative estimate of drug-likeness (QED) is 0.834. The number of likely N-dealkylation sites (N-methyl/N-ethyl adjacent to an activating group) is 1. The Bertz CT molecular complexity index is 445. The first kappa shape index (κ1) is 16.5. The van der Waals surface area contributed by atoms with Crippen molar-refractivity contribution in [2.24, 2.45) is 0 Å². The van der Waals surface area contributed by atoms with Crippen molar-refractivity contribution >= 4 is 0 Å². The first-order valence-corrected chi connectivity index (χ1v) is 8.05. The number of methoxy groups -OCH3 is 1. The molecule has 0 aromatic heterocycles. The molecule has 2 unspecified atom stereocenters. The molecule has 118 valence electrons. The summed E-state index contributed by atoms with van der Waals surface area (Å²) < 4.78 is 11.7. The molecule has 1 aliphatic heterocycles. The molecule has 1 aromatic rings. The number of nitrogens with one attached hydrogen (secondary N) is 1. The summed E-state index contributed by atoms with van der Waals surface area (Å²) in [5.41, 5.74) is 2.70. The largest absolute Gasteiger partial charge is 0.379 e. The maximum absolute atomic E-state index is 6.11. The maximum atomic E-state index is 6.11. The molecule has 2 atom stereocenters. The average molecular weight is 291 g/mol. The van der Waals surface area contributed by atoms with Crippen LogP contribution in [0.1, 0.15) is 50.8 Å². The van der Waals surface area contributed by atoms with Crippen molar-refractivity contribution in [3.8, 4) is 0 Å². The Morgan fingerprint density at radius 2 is 2.14 bits per heavy atom. The molecule has 1 N–H and O–H groups in total. The van der Waals surface area contributed by atoms with Crippen LogP contribution in [0.3, 0.4) is 0 Å². The van der Waals surface area contributed by atoms with Crippen LogP contribution in [0.4, 0.5) is 0 Å². The molecule has 3 heteroatoms. The number of ether oxygens (including phenoxy) is 2. The van der Waals surface area contributed by atoms with Gasteiger partial charge in [0.15, 0.2) is 0 Å². The summed E-state index contributed by atoms with van der Waals surface area (Å²) in [6, 6.07) is 9.02. The highest BCUT2D eigenvalue weighted by Gasteiger charge is 2.29. The van der Waals surface area contributed by atoms with E-state index >= 15 is 0 Å². The molecule has 0 amide bonds. The van der Waals surface area contributed by atoms with Gasteiger partial charge in [-0.1, -0.05) is 31.2 Å². The second-order valence-corrected chi connectivity index (χ2v) is 6.41. The number of rotatable bonds is 7. The van der Waals surface area contributed by atoms with Gasteiger partial charge >= 0.3 is 0 Å². The fourth-order valence-electron chi connectivity index (χ4n) is 2.99. The van der Waals surface area contributed by atoms with Crippen LogP contribution in [0.5, 0.6) is 0 Å². The van der Waals surface area contributed by atoms with Gasteiger partial charge in [-0.3, -0.25) is 0 Å². The number of fused-ring (bicyclic) bond motifs is 1. The second kappa shape index (κ2) is 7.39. The molecule has 0 bridgehead atoms. The van der Waals surface area contributed by atoms with Crippen molar-refractivity contribution in [3.63, 3.8) is 0 Å². The molecule has 0 radical (unpaired) electrons. The summed E-state index contributed by atoms with van der Waals surface area (Å²) in [5, 5.41) is 3.61. The lowest BCUT2D eigenvalue weighted by Crippen LogP contribution is -2.40. The van der Waals surface area contributed by atoms with E-state index in [9.17, 15) is 0 Å². The molecule has 0 saturated heterocycles. The van der Waals surface area contributed by atoms with Gasteiger partial charge in [0.2, 0.25) is 0 Å². The third-order valence-corrected chi connectivity index (χ3v) is 4.47. The predicted molar refractivity (Wildman–Crippen MR) is 86.6 cm³/mol. The normalized spacial score (nSPS) is 20.1.